The third-order valence-electron chi connectivity index (χ3n) is 18.7. The summed E-state index contributed by atoms with van der Waals surface area (Å²) in [6, 6.07) is 86.6. The first kappa shape index (κ1) is 100. The SMILES string of the molecule is CC(C)Cc1c[c-]c(-c2ccccn2)cc1.CC(C)Cc1c[c-]c(-c2ccccn2)cc1.CC(C)Cc1c[c-]c(-c2ccccn2)cc1.CO.CO.Cc1ccc2c(n1)oc1c(-c3cc(-c4ccc(F)c(CC(C)C)c4)ccn3)[c-]ccc12.Cc1ccc2c(n1)oc1c(-c3cc(-c4ccc(F)c(CC(C)C)c4)ccn3)cccc12.O=S(=O)(O)C(F)(F)F.[Ir].[Ir]. The summed E-state index contributed by atoms with van der Waals surface area (Å²) in [4.78, 5) is 31.2. The van der Waals surface area contributed by atoms with E-state index in [1.165, 1.54) is 16.7 Å². The first-order valence-corrected chi connectivity index (χ1v) is 41.6. The second-order valence-electron chi connectivity index (χ2n) is 31.0. The number of hydrogen-bond donors (Lipinski definition) is 3. The zero-order valence-corrected chi connectivity index (χ0v) is 77.3. The minimum Gasteiger partial charge on any atom is -0.486 e. The monoisotopic (exact) mass is 2050 g/mol. The summed E-state index contributed by atoms with van der Waals surface area (Å²) < 4.78 is 98.3. The topological polar surface area (TPSA) is 211 Å². The third-order valence-corrected chi connectivity index (χ3v) is 19.3. The number of aryl methyl sites for hydroxylation is 2. The maximum absolute atomic E-state index is 14.3. The van der Waals surface area contributed by atoms with Crippen LogP contribution in [0.25, 0.3) is 123 Å². The number of halogens is 5. The summed E-state index contributed by atoms with van der Waals surface area (Å²) in [5.41, 5.74) is 17.9. The fraction of sp³-hybridized carbons (Fsp3) is 0.245. The fourth-order valence-electron chi connectivity index (χ4n) is 13.3. The maximum atomic E-state index is 14.3. The molecular weight excluding hydrogens is 1950 g/mol. The minimum atomic E-state index is -5.84. The molecule has 124 heavy (non-hydrogen) atoms. The van der Waals surface area contributed by atoms with E-state index < -0.39 is 15.6 Å². The molecule has 0 saturated carbocycles. The first-order valence-electron chi connectivity index (χ1n) is 40.2. The van der Waals surface area contributed by atoms with E-state index in [0.29, 0.717) is 53.9 Å². The van der Waals surface area contributed by atoms with Gasteiger partial charge in [0, 0.05) is 119 Å². The van der Waals surface area contributed by atoms with Crippen molar-refractivity contribution in [1.29, 1.82) is 0 Å². The van der Waals surface area contributed by atoms with Crippen molar-refractivity contribution in [2.24, 2.45) is 29.6 Å². The Morgan fingerprint density at radius 3 is 1.10 bits per heavy atom. The van der Waals surface area contributed by atoms with Crippen molar-refractivity contribution >= 4 is 54.3 Å². The molecule has 3 N–H and O–H groups in total. The number of fused-ring (bicyclic) bond motifs is 6. The summed E-state index contributed by atoms with van der Waals surface area (Å²) in [6.45, 7) is 25.7. The van der Waals surface area contributed by atoms with Gasteiger partial charge in [0.25, 0.3) is 0 Å². The van der Waals surface area contributed by atoms with Crippen LogP contribution in [0.1, 0.15) is 108 Å². The van der Waals surface area contributed by atoms with Crippen molar-refractivity contribution in [2.75, 3.05) is 14.2 Å². The number of alkyl halides is 3. The zero-order valence-electron chi connectivity index (χ0n) is 71.7. The molecule has 7 aromatic carbocycles. The summed E-state index contributed by atoms with van der Waals surface area (Å²) in [7, 11) is -3.84. The number of pyridine rings is 7. The first-order chi connectivity index (χ1) is 58.5. The number of furan rings is 2. The normalized spacial score (nSPS) is 11.0. The van der Waals surface area contributed by atoms with E-state index in [2.05, 4.69) is 183 Å². The molecule has 0 fully saturated rings. The van der Waals surface area contributed by atoms with Gasteiger partial charge >= 0.3 is 15.6 Å². The van der Waals surface area contributed by atoms with Gasteiger partial charge in [-0.25, -0.2) is 18.7 Å². The van der Waals surface area contributed by atoms with E-state index in [4.69, 9.17) is 32.0 Å². The molecule has 9 aromatic heterocycles. The van der Waals surface area contributed by atoms with Gasteiger partial charge in [-0.3, -0.25) is 9.54 Å². The van der Waals surface area contributed by atoms with E-state index >= 15 is 0 Å². The third kappa shape index (κ3) is 28.8. The number of rotatable bonds is 17. The second-order valence-corrected chi connectivity index (χ2v) is 32.4. The Morgan fingerprint density at radius 2 is 0.742 bits per heavy atom. The predicted molar refractivity (Wildman–Crippen MR) is 481 cm³/mol. The molecule has 0 bridgehead atoms. The van der Waals surface area contributed by atoms with Crippen LogP contribution >= 0.6 is 0 Å². The van der Waals surface area contributed by atoms with Crippen LogP contribution in [0.4, 0.5) is 22.0 Å². The van der Waals surface area contributed by atoms with Crippen molar-refractivity contribution in [3.63, 3.8) is 0 Å². The Morgan fingerprint density at radius 1 is 0.379 bits per heavy atom. The number of benzene rings is 7. The van der Waals surface area contributed by atoms with Crippen molar-refractivity contribution in [3.05, 3.63) is 331 Å². The molecule has 0 aliphatic heterocycles. The quantitative estimate of drug-likeness (QED) is 0.0335. The van der Waals surface area contributed by atoms with Crippen molar-refractivity contribution in [2.45, 2.75) is 121 Å². The van der Waals surface area contributed by atoms with Crippen LogP contribution in [-0.4, -0.2) is 77.8 Å². The largest absolute Gasteiger partial charge is 0.522 e. The molecular formula is C102H102F5Ir2N7O7S-4. The average Bonchev–Trinajstić information content (AvgIpc) is 1.62. The van der Waals surface area contributed by atoms with Crippen molar-refractivity contribution in [1.82, 2.24) is 34.9 Å². The Labute approximate surface area is 751 Å². The van der Waals surface area contributed by atoms with Crippen LogP contribution < -0.4 is 0 Å². The smallest absolute Gasteiger partial charge is 0.486 e. The van der Waals surface area contributed by atoms with Gasteiger partial charge in [-0.15, -0.1) is 124 Å². The number of aliphatic hydroxyl groups excluding tert-OH is 2. The van der Waals surface area contributed by atoms with Gasteiger partial charge in [0.2, 0.25) is 11.4 Å². The summed E-state index contributed by atoms with van der Waals surface area (Å²) in [5, 5.41) is 18.0. The molecule has 0 aliphatic carbocycles. The van der Waals surface area contributed by atoms with Crippen LogP contribution in [0, 0.1) is 79.3 Å². The van der Waals surface area contributed by atoms with E-state index in [9.17, 15) is 22.0 Å². The second kappa shape index (κ2) is 48.3. The number of aliphatic hydroxyl groups is 2. The van der Waals surface area contributed by atoms with Crippen LogP contribution in [0.15, 0.2) is 264 Å². The predicted octanol–water partition coefficient (Wildman–Crippen LogP) is 25.4. The molecule has 0 saturated heterocycles. The molecule has 0 amide bonds. The van der Waals surface area contributed by atoms with Gasteiger partial charge < -0.3 is 39.0 Å². The number of para-hydroxylation sites is 1. The molecule has 0 unspecified atom stereocenters. The summed E-state index contributed by atoms with van der Waals surface area (Å²) in [5.74, 6) is 2.53. The molecule has 16 rings (SSSR count). The molecule has 16 aromatic rings. The molecule has 0 spiro atoms. The Balaban J connectivity index is 0.000000212. The van der Waals surface area contributed by atoms with Gasteiger partial charge in [-0.1, -0.05) is 184 Å². The molecule has 650 valence electrons. The van der Waals surface area contributed by atoms with Gasteiger partial charge in [0.15, 0.2) is 0 Å². The van der Waals surface area contributed by atoms with Gasteiger partial charge in [-0.05, 0) is 186 Å². The average molecular weight is 2050 g/mol. The molecule has 22 heteroatoms. The number of nitrogens with zero attached hydrogens (tertiary/aromatic N) is 7. The Bertz CT molecular complexity index is 5680. The van der Waals surface area contributed by atoms with Crippen LogP contribution in [0.2, 0.25) is 0 Å². The standard InChI is InChI=1S/C27H23FN2O.C27H22FN2O.3C15H16N.CHF3O3S.2CH4O.2Ir/c2*1-16(2)13-20-14-18(8-10-24(20)28)19-11-12-29-25(15-19)23-6-4-5-21-22-9-7-17(3)30-27(22)31-26(21)23;3*1-12(2)11-13-6-8-14(9-7-13)15-5-3-4-10-16-15;2-1(3,4)8(5,6)7;2*1-2;;/h4-12,14-16H,13H2,1-3H3;4-5,7-12,14-16H,13H2,1-3H3;3*3-8,10,12H,11H2,1-2H3;(H,5,6,7);2*2H,1H3;;/q;4*-1;;;;;. The van der Waals surface area contributed by atoms with E-state index in [0.717, 1.165) is 167 Å². The number of hydrogen-bond acceptors (Lipinski definition) is 13. The van der Waals surface area contributed by atoms with Crippen LogP contribution in [0.5, 0.6) is 0 Å². The van der Waals surface area contributed by atoms with Crippen molar-refractivity contribution < 1.29 is 94.2 Å². The van der Waals surface area contributed by atoms with E-state index in [-0.39, 0.29) is 51.8 Å². The molecule has 14 nitrogen and oxygen atoms in total. The summed E-state index contributed by atoms with van der Waals surface area (Å²) in [6.07, 6.45) is 13.7. The Kier molecular flexibility index (Phi) is 39.0. The Hall–Kier alpha value is -11.0. The van der Waals surface area contributed by atoms with Crippen molar-refractivity contribution in [3.8, 4) is 78.5 Å². The fourth-order valence-corrected chi connectivity index (χ4v) is 13.3. The molecule has 2 radical (unpaired) electrons. The molecule has 9 heterocycles. The van der Waals surface area contributed by atoms with Gasteiger partial charge in [-0.2, -0.15) is 21.6 Å². The van der Waals surface area contributed by atoms with E-state index in [1.54, 1.807) is 24.5 Å². The maximum Gasteiger partial charge on any atom is 0.522 e. The van der Waals surface area contributed by atoms with E-state index in [1.807, 2.05) is 190 Å². The summed E-state index contributed by atoms with van der Waals surface area (Å²) >= 11 is 0. The zero-order chi connectivity index (χ0) is 88.2. The molecule has 0 atom stereocenters. The van der Waals surface area contributed by atoms with Crippen LogP contribution in [0.3, 0.4) is 0 Å². The molecule has 0 aliphatic rings. The minimum absolute atomic E-state index is 0. The number of aromatic nitrogens is 7. The van der Waals surface area contributed by atoms with Gasteiger partial charge in [0.1, 0.15) is 17.2 Å². The van der Waals surface area contributed by atoms with Gasteiger partial charge in [0.05, 0.1) is 11.3 Å². The van der Waals surface area contributed by atoms with Crippen LogP contribution in [-0.2, 0) is 82.4 Å².